The van der Waals surface area contributed by atoms with Crippen LogP contribution in [0.5, 0.6) is 5.75 Å². The predicted molar refractivity (Wildman–Crippen MR) is 80.5 cm³/mol. The highest BCUT2D eigenvalue weighted by Crippen LogP contribution is 2.29. The van der Waals surface area contributed by atoms with Gasteiger partial charge in [0.2, 0.25) is 0 Å². The molecule has 5 nitrogen and oxygen atoms in total. The van der Waals surface area contributed by atoms with Gasteiger partial charge in [0, 0.05) is 11.3 Å². The van der Waals surface area contributed by atoms with Gasteiger partial charge in [0.25, 0.3) is 11.8 Å². The maximum atomic E-state index is 12.7. The van der Waals surface area contributed by atoms with E-state index in [9.17, 15) is 22.8 Å². The minimum Gasteiger partial charge on any atom is -0.484 e. The lowest BCUT2D eigenvalue weighted by atomic mass is 10.1. The largest absolute Gasteiger partial charge is 0.484 e. The maximum absolute atomic E-state index is 12.7. The van der Waals surface area contributed by atoms with E-state index in [0.29, 0.717) is 11.4 Å². The Bertz CT molecular complexity index is 743. The molecule has 8 heteroatoms. The number of anilines is 1. The molecule has 2 aromatic carbocycles. The second kappa shape index (κ2) is 7.03. The van der Waals surface area contributed by atoms with Crippen molar-refractivity contribution in [3.63, 3.8) is 0 Å². The molecule has 0 heterocycles. The summed E-state index contributed by atoms with van der Waals surface area (Å²) < 4.78 is 43.0. The Morgan fingerprint density at radius 1 is 1.08 bits per heavy atom. The normalized spacial score (nSPS) is 11.0. The van der Waals surface area contributed by atoms with E-state index in [4.69, 9.17) is 10.5 Å². The average Bonchev–Trinajstić information content (AvgIpc) is 2.53. The number of nitrogens with two attached hydrogens (primary N) is 1. The van der Waals surface area contributed by atoms with Crippen molar-refractivity contribution < 1.29 is 27.5 Å². The molecule has 0 saturated heterocycles. The standard InChI is InChI=1S/C16H13F3N2O3/c17-16(18,19)11-3-1-2-10(8-11)15(23)21-12-4-6-13(7-5-12)24-9-14(20)22/h1-8H,9H2,(H2,20,22)(H,21,23). The third kappa shape index (κ3) is 4.73. The Morgan fingerprint density at radius 3 is 2.33 bits per heavy atom. The Morgan fingerprint density at radius 2 is 1.75 bits per heavy atom. The number of nitrogens with one attached hydrogen (secondary N) is 1. The first kappa shape index (κ1) is 17.3. The van der Waals surface area contributed by atoms with Crippen molar-refractivity contribution in [3.05, 3.63) is 59.7 Å². The number of hydrogen-bond acceptors (Lipinski definition) is 3. The summed E-state index contributed by atoms with van der Waals surface area (Å²) in [6, 6.07) is 10.1. The van der Waals surface area contributed by atoms with Crippen LogP contribution in [0.1, 0.15) is 15.9 Å². The van der Waals surface area contributed by atoms with Crippen molar-refractivity contribution in [1.29, 1.82) is 0 Å². The van der Waals surface area contributed by atoms with Crippen molar-refractivity contribution in [2.24, 2.45) is 5.73 Å². The van der Waals surface area contributed by atoms with E-state index < -0.39 is 23.6 Å². The summed E-state index contributed by atoms with van der Waals surface area (Å²) in [4.78, 5) is 22.6. The lowest BCUT2D eigenvalue weighted by molar-refractivity contribution is -0.137. The van der Waals surface area contributed by atoms with Gasteiger partial charge in [0.15, 0.2) is 6.61 Å². The second-order valence-corrected chi connectivity index (χ2v) is 4.81. The van der Waals surface area contributed by atoms with Crippen molar-refractivity contribution in [2.75, 3.05) is 11.9 Å². The molecular formula is C16H13F3N2O3. The third-order valence-corrected chi connectivity index (χ3v) is 2.95. The third-order valence-electron chi connectivity index (χ3n) is 2.95. The molecule has 24 heavy (non-hydrogen) atoms. The van der Waals surface area contributed by atoms with Gasteiger partial charge in [-0.25, -0.2) is 0 Å². The molecule has 0 atom stereocenters. The number of halogens is 3. The number of hydrogen-bond donors (Lipinski definition) is 2. The molecule has 0 aromatic heterocycles. The molecule has 0 radical (unpaired) electrons. The van der Waals surface area contributed by atoms with E-state index in [0.717, 1.165) is 12.1 Å². The van der Waals surface area contributed by atoms with Crippen LogP contribution < -0.4 is 15.8 Å². The summed E-state index contributed by atoms with van der Waals surface area (Å²) in [5.74, 6) is -0.935. The molecule has 0 unspecified atom stereocenters. The van der Waals surface area contributed by atoms with Gasteiger partial charge in [-0.1, -0.05) is 6.07 Å². The molecular weight excluding hydrogens is 325 g/mol. The summed E-state index contributed by atoms with van der Waals surface area (Å²) in [7, 11) is 0. The molecule has 0 spiro atoms. The molecule has 0 saturated carbocycles. The highest BCUT2D eigenvalue weighted by atomic mass is 19.4. The number of amides is 2. The van der Waals surface area contributed by atoms with Crippen LogP contribution in [0.25, 0.3) is 0 Å². The van der Waals surface area contributed by atoms with Gasteiger partial charge in [-0.15, -0.1) is 0 Å². The second-order valence-electron chi connectivity index (χ2n) is 4.81. The number of benzene rings is 2. The zero-order chi connectivity index (χ0) is 17.7. The van der Waals surface area contributed by atoms with Crippen LogP contribution in [0.2, 0.25) is 0 Å². The molecule has 0 aliphatic carbocycles. The minimum absolute atomic E-state index is 0.112. The summed E-state index contributed by atoms with van der Waals surface area (Å²) >= 11 is 0. The Labute approximate surface area is 135 Å². The summed E-state index contributed by atoms with van der Waals surface area (Å²) in [5, 5.41) is 2.48. The van der Waals surface area contributed by atoms with Crippen molar-refractivity contribution >= 4 is 17.5 Å². The highest BCUT2D eigenvalue weighted by Gasteiger charge is 2.30. The van der Waals surface area contributed by atoms with Crippen LogP contribution in [0.15, 0.2) is 48.5 Å². The number of carbonyl (C=O) groups is 2. The van der Waals surface area contributed by atoms with Crippen LogP contribution in [0, 0.1) is 0 Å². The first-order valence-electron chi connectivity index (χ1n) is 6.75. The fourth-order valence-corrected chi connectivity index (χ4v) is 1.83. The van der Waals surface area contributed by atoms with Crippen molar-refractivity contribution in [1.82, 2.24) is 0 Å². The van der Waals surface area contributed by atoms with E-state index in [1.54, 1.807) is 0 Å². The minimum atomic E-state index is -4.52. The Hall–Kier alpha value is -3.03. The molecule has 0 fully saturated rings. The van der Waals surface area contributed by atoms with Gasteiger partial charge < -0.3 is 15.8 Å². The first-order valence-corrected chi connectivity index (χ1v) is 6.75. The monoisotopic (exact) mass is 338 g/mol. The molecule has 2 amide bonds. The maximum Gasteiger partial charge on any atom is 0.416 e. The van der Waals surface area contributed by atoms with Gasteiger partial charge >= 0.3 is 6.18 Å². The van der Waals surface area contributed by atoms with Crippen LogP contribution in [0.3, 0.4) is 0 Å². The topological polar surface area (TPSA) is 81.4 Å². The number of primary amides is 1. The number of rotatable bonds is 5. The SMILES string of the molecule is NC(=O)COc1ccc(NC(=O)c2cccc(C(F)(F)F)c2)cc1. The van der Waals surface area contributed by atoms with Gasteiger partial charge in [-0.2, -0.15) is 13.2 Å². The van der Waals surface area contributed by atoms with Crippen molar-refractivity contribution in [2.45, 2.75) is 6.18 Å². The predicted octanol–water partition coefficient (Wildman–Crippen LogP) is 2.82. The molecule has 0 bridgehead atoms. The summed E-state index contributed by atoms with van der Waals surface area (Å²) in [5.41, 5.74) is 4.30. The molecule has 2 rings (SSSR count). The van der Waals surface area contributed by atoms with Crippen LogP contribution in [-0.2, 0) is 11.0 Å². The molecule has 0 aliphatic rings. The quantitative estimate of drug-likeness (QED) is 0.879. The lowest BCUT2D eigenvalue weighted by Gasteiger charge is -2.10. The molecule has 0 aliphatic heterocycles. The van der Waals surface area contributed by atoms with Gasteiger partial charge in [-0.05, 0) is 42.5 Å². The van der Waals surface area contributed by atoms with Crippen LogP contribution >= 0.6 is 0 Å². The van der Waals surface area contributed by atoms with E-state index in [2.05, 4.69) is 5.32 Å². The fourth-order valence-electron chi connectivity index (χ4n) is 1.83. The Balaban J connectivity index is 2.06. The van der Waals surface area contributed by atoms with Crippen molar-refractivity contribution in [3.8, 4) is 5.75 Å². The Kier molecular flexibility index (Phi) is 5.08. The highest BCUT2D eigenvalue weighted by molar-refractivity contribution is 6.04. The lowest BCUT2D eigenvalue weighted by Crippen LogP contribution is -2.20. The van der Waals surface area contributed by atoms with E-state index in [-0.39, 0.29) is 12.2 Å². The van der Waals surface area contributed by atoms with E-state index in [1.165, 1.54) is 36.4 Å². The van der Waals surface area contributed by atoms with Gasteiger partial charge in [-0.3, -0.25) is 9.59 Å². The van der Waals surface area contributed by atoms with Gasteiger partial charge in [0.1, 0.15) is 5.75 Å². The van der Waals surface area contributed by atoms with Crippen LogP contribution in [-0.4, -0.2) is 18.4 Å². The van der Waals surface area contributed by atoms with E-state index in [1.807, 2.05) is 0 Å². The molecule has 3 N–H and O–H groups in total. The molecule has 126 valence electrons. The first-order chi connectivity index (χ1) is 11.3. The smallest absolute Gasteiger partial charge is 0.416 e. The zero-order valence-electron chi connectivity index (χ0n) is 12.3. The molecule has 2 aromatic rings. The average molecular weight is 338 g/mol. The number of ether oxygens (including phenoxy) is 1. The number of alkyl halides is 3. The van der Waals surface area contributed by atoms with Crippen LogP contribution in [0.4, 0.5) is 18.9 Å². The number of carbonyl (C=O) groups excluding carboxylic acids is 2. The zero-order valence-corrected chi connectivity index (χ0v) is 12.3. The fraction of sp³-hybridized carbons (Fsp3) is 0.125. The van der Waals surface area contributed by atoms with Gasteiger partial charge in [0.05, 0.1) is 5.56 Å². The van der Waals surface area contributed by atoms with E-state index >= 15 is 0 Å². The summed E-state index contributed by atoms with van der Waals surface area (Å²) in [6.07, 6.45) is -4.52. The summed E-state index contributed by atoms with van der Waals surface area (Å²) in [6.45, 7) is -0.282.